The lowest BCUT2D eigenvalue weighted by atomic mass is 10.1. The van der Waals surface area contributed by atoms with Gasteiger partial charge >= 0.3 is 0 Å². The molecule has 4 N–H and O–H groups in total. The highest BCUT2D eigenvalue weighted by atomic mass is 35.5. The first-order valence-electron chi connectivity index (χ1n) is 7.10. The van der Waals surface area contributed by atoms with Crippen LogP contribution in [-0.4, -0.2) is 48.7 Å². The highest BCUT2D eigenvalue weighted by molar-refractivity contribution is 5.97. The minimum Gasteiger partial charge on any atom is -0.391 e. The fourth-order valence-electron chi connectivity index (χ4n) is 2.25. The summed E-state index contributed by atoms with van der Waals surface area (Å²) in [6.45, 7) is 3.28. The molecule has 2 rings (SSSR count). The number of hydrogen-bond acceptors (Lipinski definition) is 4. The third-order valence-electron chi connectivity index (χ3n) is 3.62. The quantitative estimate of drug-likeness (QED) is 0.609. The van der Waals surface area contributed by atoms with Crippen molar-refractivity contribution in [3.8, 4) is 0 Å². The number of halogens is 1. The van der Waals surface area contributed by atoms with E-state index in [0.717, 1.165) is 0 Å². The molecule has 3 atom stereocenters. The van der Waals surface area contributed by atoms with Gasteiger partial charge in [0.1, 0.15) is 6.04 Å². The van der Waals surface area contributed by atoms with Gasteiger partial charge < -0.3 is 21.1 Å². The van der Waals surface area contributed by atoms with E-state index >= 15 is 0 Å². The van der Waals surface area contributed by atoms with Crippen molar-refractivity contribution < 1.29 is 14.7 Å². The first-order valence-corrected chi connectivity index (χ1v) is 7.10. The fraction of sp³-hybridized carbons (Fsp3) is 0.467. The molecule has 1 saturated heterocycles. The summed E-state index contributed by atoms with van der Waals surface area (Å²) in [7, 11) is 0. The standard InChI is InChI=1S/C15H21N3O3.ClH/c1-10(18-15(21)11-5-3-2-4-6-11)14(20)17-8-12-7-16-9-13(12)19;/h2-6,10,12-13,16,19H,7-9H2,1H3,(H,17,20)(H,18,21);1H. The van der Waals surface area contributed by atoms with Gasteiger partial charge in [-0.2, -0.15) is 0 Å². The van der Waals surface area contributed by atoms with Crippen LogP contribution in [0.25, 0.3) is 0 Å². The lowest BCUT2D eigenvalue weighted by Crippen LogP contribution is -2.46. The Bertz CT molecular complexity index is 498. The van der Waals surface area contributed by atoms with Gasteiger partial charge in [-0.05, 0) is 19.1 Å². The zero-order valence-corrected chi connectivity index (χ0v) is 13.2. The SMILES string of the molecule is CC(NC(=O)c1ccccc1)C(=O)NCC1CNCC1O.Cl. The summed E-state index contributed by atoms with van der Waals surface area (Å²) in [5.74, 6) is -0.509. The summed E-state index contributed by atoms with van der Waals surface area (Å²) in [5, 5.41) is 18.1. The number of benzene rings is 1. The molecule has 0 aliphatic carbocycles. The van der Waals surface area contributed by atoms with Gasteiger partial charge in [0.15, 0.2) is 0 Å². The van der Waals surface area contributed by atoms with Gasteiger partial charge in [0.25, 0.3) is 5.91 Å². The Morgan fingerprint density at radius 3 is 2.59 bits per heavy atom. The van der Waals surface area contributed by atoms with Crippen LogP contribution in [0.5, 0.6) is 0 Å². The fourth-order valence-corrected chi connectivity index (χ4v) is 2.25. The maximum Gasteiger partial charge on any atom is 0.251 e. The maximum absolute atomic E-state index is 11.9. The molecule has 1 fully saturated rings. The van der Waals surface area contributed by atoms with Gasteiger partial charge in [-0.3, -0.25) is 9.59 Å². The second-order valence-corrected chi connectivity index (χ2v) is 5.29. The average Bonchev–Trinajstić information content (AvgIpc) is 2.90. The molecule has 0 aromatic heterocycles. The van der Waals surface area contributed by atoms with Gasteiger partial charge in [-0.1, -0.05) is 18.2 Å². The summed E-state index contributed by atoms with van der Waals surface area (Å²) in [5.41, 5.74) is 0.521. The van der Waals surface area contributed by atoms with Crippen molar-refractivity contribution in [1.29, 1.82) is 0 Å². The summed E-state index contributed by atoms with van der Waals surface area (Å²) < 4.78 is 0. The first kappa shape index (κ1) is 18.4. The number of β-amino-alcohol motifs (C(OH)–C–C–N with tert-alkyl or cyclic N) is 1. The molecule has 1 aliphatic rings. The van der Waals surface area contributed by atoms with Crippen molar-refractivity contribution >= 4 is 24.2 Å². The molecule has 22 heavy (non-hydrogen) atoms. The number of amides is 2. The Hall–Kier alpha value is -1.63. The van der Waals surface area contributed by atoms with Crippen molar-refractivity contribution in [2.75, 3.05) is 19.6 Å². The van der Waals surface area contributed by atoms with Crippen LogP contribution in [0.4, 0.5) is 0 Å². The molecule has 0 bridgehead atoms. The van der Waals surface area contributed by atoms with Crippen LogP contribution in [0.2, 0.25) is 0 Å². The van der Waals surface area contributed by atoms with Crippen LogP contribution in [0.1, 0.15) is 17.3 Å². The van der Waals surface area contributed by atoms with Crippen LogP contribution in [-0.2, 0) is 4.79 Å². The zero-order chi connectivity index (χ0) is 15.2. The molecule has 6 nitrogen and oxygen atoms in total. The lowest BCUT2D eigenvalue weighted by Gasteiger charge is -2.17. The van der Waals surface area contributed by atoms with Gasteiger partial charge in [-0.15, -0.1) is 12.4 Å². The number of hydrogen-bond donors (Lipinski definition) is 4. The van der Waals surface area contributed by atoms with Gasteiger partial charge in [0.2, 0.25) is 5.91 Å². The molecule has 1 aliphatic heterocycles. The Labute approximate surface area is 136 Å². The predicted molar refractivity (Wildman–Crippen MR) is 86.0 cm³/mol. The second kappa shape index (κ2) is 8.73. The number of aliphatic hydroxyl groups is 1. The molecule has 2 amide bonds. The average molecular weight is 328 g/mol. The maximum atomic E-state index is 11.9. The summed E-state index contributed by atoms with van der Waals surface area (Å²) in [6.07, 6.45) is -0.431. The first-order chi connectivity index (χ1) is 10.1. The van der Waals surface area contributed by atoms with E-state index in [1.54, 1.807) is 31.2 Å². The minimum atomic E-state index is -0.621. The van der Waals surface area contributed by atoms with Crippen molar-refractivity contribution in [2.24, 2.45) is 5.92 Å². The minimum absolute atomic E-state index is 0. The number of carbonyl (C=O) groups is 2. The van der Waals surface area contributed by atoms with Crippen LogP contribution >= 0.6 is 12.4 Å². The summed E-state index contributed by atoms with van der Waals surface area (Å²) in [6, 6.07) is 8.14. The van der Waals surface area contributed by atoms with Crippen LogP contribution in [0.15, 0.2) is 30.3 Å². The lowest BCUT2D eigenvalue weighted by molar-refractivity contribution is -0.122. The highest BCUT2D eigenvalue weighted by Crippen LogP contribution is 2.07. The van der Waals surface area contributed by atoms with Crippen LogP contribution in [0.3, 0.4) is 0 Å². The van der Waals surface area contributed by atoms with Gasteiger partial charge in [-0.25, -0.2) is 0 Å². The van der Waals surface area contributed by atoms with E-state index in [1.165, 1.54) is 0 Å². The van der Waals surface area contributed by atoms with E-state index in [-0.39, 0.29) is 30.1 Å². The molecule has 0 radical (unpaired) electrons. The largest absolute Gasteiger partial charge is 0.391 e. The Morgan fingerprint density at radius 1 is 1.32 bits per heavy atom. The monoisotopic (exact) mass is 327 g/mol. The second-order valence-electron chi connectivity index (χ2n) is 5.29. The number of aliphatic hydroxyl groups excluding tert-OH is 1. The molecular formula is C15H22ClN3O3. The summed E-state index contributed by atoms with van der Waals surface area (Å²) in [4.78, 5) is 23.9. The number of rotatable bonds is 5. The van der Waals surface area contributed by atoms with Crippen molar-refractivity contribution in [3.05, 3.63) is 35.9 Å². The van der Waals surface area contributed by atoms with Gasteiger partial charge in [0, 0.05) is 31.1 Å². The van der Waals surface area contributed by atoms with E-state index < -0.39 is 12.1 Å². The third kappa shape index (κ3) is 4.98. The third-order valence-corrected chi connectivity index (χ3v) is 3.62. The van der Waals surface area contributed by atoms with Crippen molar-refractivity contribution in [3.63, 3.8) is 0 Å². The zero-order valence-electron chi connectivity index (χ0n) is 12.4. The Morgan fingerprint density at radius 2 is 2.00 bits per heavy atom. The van der Waals surface area contributed by atoms with Crippen molar-refractivity contribution in [2.45, 2.75) is 19.1 Å². The van der Waals surface area contributed by atoms with Crippen molar-refractivity contribution in [1.82, 2.24) is 16.0 Å². The molecule has 7 heteroatoms. The predicted octanol–water partition coefficient (Wildman–Crippen LogP) is -0.0768. The molecule has 122 valence electrons. The van der Waals surface area contributed by atoms with E-state index in [0.29, 0.717) is 25.2 Å². The number of carbonyl (C=O) groups excluding carboxylic acids is 2. The Balaban J connectivity index is 0.00000242. The highest BCUT2D eigenvalue weighted by Gasteiger charge is 2.26. The van der Waals surface area contributed by atoms with Crippen LogP contribution < -0.4 is 16.0 Å². The smallest absolute Gasteiger partial charge is 0.251 e. The molecular weight excluding hydrogens is 306 g/mol. The molecule has 0 spiro atoms. The van der Waals surface area contributed by atoms with E-state index in [4.69, 9.17) is 0 Å². The topological polar surface area (TPSA) is 90.5 Å². The summed E-state index contributed by atoms with van der Waals surface area (Å²) >= 11 is 0. The molecule has 3 unspecified atom stereocenters. The molecule has 1 aromatic rings. The normalized spacial score (nSPS) is 21.5. The van der Waals surface area contributed by atoms with E-state index in [1.807, 2.05) is 6.07 Å². The molecule has 1 aromatic carbocycles. The molecule has 0 saturated carbocycles. The van der Waals surface area contributed by atoms with Gasteiger partial charge in [0.05, 0.1) is 6.10 Å². The van der Waals surface area contributed by atoms with Crippen LogP contribution in [0, 0.1) is 5.92 Å². The van der Waals surface area contributed by atoms with E-state index in [2.05, 4.69) is 16.0 Å². The Kier molecular flexibility index (Phi) is 7.31. The molecule has 1 heterocycles. The van der Waals surface area contributed by atoms with E-state index in [9.17, 15) is 14.7 Å². The number of nitrogens with one attached hydrogen (secondary N) is 3.